The van der Waals surface area contributed by atoms with Gasteiger partial charge in [-0.15, -0.1) is 6.58 Å². The van der Waals surface area contributed by atoms with Gasteiger partial charge < -0.3 is 4.43 Å². The molecule has 0 aromatic carbocycles. The minimum atomic E-state index is -0.429. The Hall–Kier alpha value is -0.573. The van der Waals surface area contributed by atoms with Crippen molar-refractivity contribution in [2.45, 2.75) is 26.7 Å². The van der Waals surface area contributed by atoms with Crippen LogP contribution in [0.25, 0.3) is 0 Å². The highest BCUT2D eigenvalue weighted by molar-refractivity contribution is 6.06. The molecule has 0 spiro atoms. The van der Waals surface area contributed by atoms with Crippen molar-refractivity contribution in [3.05, 3.63) is 12.7 Å². The van der Waals surface area contributed by atoms with Gasteiger partial charge in [-0.3, -0.25) is 4.79 Å². The minimum absolute atomic E-state index is 0.121. The molecule has 0 aliphatic carbocycles. The zero-order valence-electron chi connectivity index (χ0n) is 7.52. The van der Waals surface area contributed by atoms with Crippen molar-refractivity contribution in [3.63, 3.8) is 0 Å². The third kappa shape index (κ3) is 1.93. The molecule has 0 aliphatic heterocycles. The largest absolute Gasteiger partial charge is 0.528 e. The summed E-state index contributed by atoms with van der Waals surface area (Å²) in [5.41, 5.74) is -0.429. The Balaban J connectivity index is 4.53. The van der Waals surface area contributed by atoms with E-state index in [9.17, 15) is 4.79 Å². The highest BCUT2D eigenvalue weighted by atomic mass is 28.2. The standard InChI is InChI=1S/C8H16O2Si/c1-4-8(5-2,6-3)7(9)10-11/h4H,1,5-6H2,2-3,11H3. The van der Waals surface area contributed by atoms with Crippen LogP contribution in [0.1, 0.15) is 26.7 Å². The van der Waals surface area contributed by atoms with Crippen molar-refractivity contribution in [3.8, 4) is 0 Å². The monoisotopic (exact) mass is 172 g/mol. The van der Waals surface area contributed by atoms with Gasteiger partial charge >= 0.3 is 5.97 Å². The van der Waals surface area contributed by atoms with E-state index < -0.39 is 5.41 Å². The number of carbonyl (C=O) groups is 1. The zero-order chi connectivity index (χ0) is 8.91. The van der Waals surface area contributed by atoms with Crippen LogP contribution in [0.4, 0.5) is 0 Å². The molecule has 2 nitrogen and oxygen atoms in total. The topological polar surface area (TPSA) is 26.3 Å². The molecule has 0 radical (unpaired) electrons. The molecule has 3 heteroatoms. The molecule has 0 unspecified atom stereocenters. The summed E-state index contributed by atoms with van der Waals surface area (Å²) in [5.74, 6) is -0.121. The predicted octanol–water partition coefficient (Wildman–Crippen LogP) is 0.802. The highest BCUT2D eigenvalue weighted by Gasteiger charge is 2.31. The molecule has 64 valence electrons. The van der Waals surface area contributed by atoms with Crippen LogP contribution in [0.5, 0.6) is 0 Å². The molecule has 0 heterocycles. The Labute approximate surface area is 71.2 Å². The van der Waals surface area contributed by atoms with Crippen LogP contribution in [0.2, 0.25) is 0 Å². The number of hydrogen-bond donors (Lipinski definition) is 0. The SMILES string of the molecule is C=CC(CC)(CC)C(=O)O[SiH3]. The van der Waals surface area contributed by atoms with Gasteiger partial charge in [-0.25, -0.2) is 0 Å². The van der Waals surface area contributed by atoms with Crippen LogP contribution in [0.3, 0.4) is 0 Å². The van der Waals surface area contributed by atoms with Gasteiger partial charge in [0.25, 0.3) is 0 Å². The van der Waals surface area contributed by atoms with E-state index in [-0.39, 0.29) is 5.97 Å². The summed E-state index contributed by atoms with van der Waals surface area (Å²) in [4.78, 5) is 11.3. The Morgan fingerprint density at radius 1 is 1.64 bits per heavy atom. The molecule has 0 amide bonds. The van der Waals surface area contributed by atoms with Crippen LogP contribution in [-0.2, 0) is 9.22 Å². The lowest BCUT2D eigenvalue weighted by atomic mass is 9.83. The fraction of sp³-hybridized carbons (Fsp3) is 0.625. The Morgan fingerprint density at radius 3 is 2.18 bits per heavy atom. The Kier molecular flexibility index (Phi) is 4.11. The molecule has 0 saturated carbocycles. The van der Waals surface area contributed by atoms with Crippen molar-refractivity contribution in [1.82, 2.24) is 0 Å². The minimum Gasteiger partial charge on any atom is -0.528 e. The van der Waals surface area contributed by atoms with Crippen LogP contribution in [-0.4, -0.2) is 16.5 Å². The molecular formula is C8H16O2Si. The first kappa shape index (κ1) is 10.4. The lowest BCUT2D eigenvalue weighted by Crippen LogP contribution is -2.28. The maximum Gasteiger partial charge on any atom is 0.301 e. The first-order valence-corrected chi connectivity index (χ1v) is 4.70. The molecule has 0 aliphatic rings. The van der Waals surface area contributed by atoms with Crippen LogP contribution in [0, 0.1) is 5.41 Å². The van der Waals surface area contributed by atoms with E-state index in [0.717, 1.165) is 12.8 Å². The molecule has 0 fully saturated rings. The molecule has 0 N–H and O–H groups in total. The molecule has 0 bridgehead atoms. The third-order valence-corrected chi connectivity index (χ3v) is 2.62. The fourth-order valence-corrected chi connectivity index (χ4v) is 1.52. The fourth-order valence-electron chi connectivity index (χ4n) is 1.11. The van der Waals surface area contributed by atoms with Gasteiger partial charge in [0.1, 0.15) is 0 Å². The maximum absolute atomic E-state index is 11.3. The van der Waals surface area contributed by atoms with Gasteiger partial charge in [0, 0.05) is 0 Å². The van der Waals surface area contributed by atoms with Crippen molar-refractivity contribution >= 4 is 16.5 Å². The van der Waals surface area contributed by atoms with Gasteiger partial charge in [-0.1, -0.05) is 19.9 Å². The van der Waals surface area contributed by atoms with Crippen molar-refractivity contribution < 1.29 is 9.22 Å². The molecule has 0 saturated heterocycles. The summed E-state index contributed by atoms with van der Waals surface area (Å²) < 4.78 is 4.82. The zero-order valence-corrected chi connectivity index (χ0v) is 9.52. The second-order valence-corrected chi connectivity index (χ2v) is 2.97. The quantitative estimate of drug-likeness (QED) is 0.463. The van der Waals surface area contributed by atoms with Crippen molar-refractivity contribution in [1.29, 1.82) is 0 Å². The molecule has 11 heavy (non-hydrogen) atoms. The number of rotatable bonds is 4. The average Bonchev–Trinajstić information content (AvgIpc) is 2.08. The lowest BCUT2D eigenvalue weighted by molar-refractivity contribution is -0.143. The lowest BCUT2D eigenvalue weighted by Gasteiger charge is -2.24. The van der Waals surface area contributed by atoms with E-state index >= 15 is 0 Å². The van der Waals surface area contributed by atoms with Crippen LogP contribution < -0.4 is 0 Å². The summed E-state index contributed by atoms with van der Waals surface area (Å²) in [6, 6.07) is 0. The van der Waals surface area contributed by atoms with E-state index in [0.29, 0.717) is 10.5 Å². The number of hydrogen-bond acceptors (Lipinski definition) is 2. The average molecular weight is 172 g/mol. The molecule has 0 rings (SSSR count). The van der Waals surface area contributed by atoms with E-state index in [1.165, 1.54) is 0 Å². The molecule has 0 atom stereocenters. The second kappa shape index (κ2) is 4.33. The smallest absolute Gasteiger partial charge is 0.301 e. The number of carbonyl (C=O) groups excluding carboxylic acids is 1. The third-order valence-electron chi connectivity index (χ3n) is 2.24. The molecule has 0 aromatic rings. The van der Waals surface area contributed by atoms with Crippen LogP contribution >= 0.6 is 0 Å². The summed E-state index contributed by atoms with van der Waals surface area (Å²) in [7, 11) is 0.470. The van der Waals surface area contributed by atoms with Gasteiger partial charge in [-0.2, -0.15) is 0 Å². The first-order valence-electron chi connectivity index (χ1n) is 3.88. The van der Waals surface area contributed by atoms with Crippen molar-refractivity contribution in [2.75, 3.05) is 0 Å². The van der Waals surface area contributed by atoms with Gasteiger partial charge in [0.15, 0.2) is 0 Å². The first-order chi connectivity index (χ1) is 5.16. The summed E-state index contributed by atoms with van der Waals surface area (Å²) >= 11 is 0. The molecule has 0 aromatic heterocycles. The predicted molar refractivity (Wildman–Crippen MR) is 49.2 cm³/mol. The van der Waals surface area contributed by atoms with Crippen LogP contribution in [0.15, 0.2) is 12.7 Å². The van der Waals surface area contributed by atoms with Gasteiger partial charge in [0.2, 0.25) is 10.5 Å². The maximum atomic E-state index is 11.3. The van der Waals surface area contributed by atoms with Gasteiger partial charge in [-0.05, 0) is 12.8 Å². The Bertz CT molecular complexity index is 150. The van der Waals surface area contributed by atoms with E-state index in [4.69, 9.17) is 4.43 Å². The molecular weight excluding hydrogens is 156 g/mol. The van der Waals surface area contributed by atoms with E-state index in [2.05, 4.69) is 6.58 Å². The van der Waals surface area contributed by atoms with Crippen molar-refractivity contribution in [2.24, 2.45) is 5.41 Å². The second-order valence-electron chi connectivity index (χ2n) is 2.56. The summed E-state index contributed by atoms with van der Waals surface area (Å²) in [6.07, 6.45) is 3.25. The normalized spacial score (nSPS) is 11.1. The highest BCUT2D eigenvalue weighted by Crippen LogP contribution is 2.28. The summed E-state index contributed by atoms with van der Waals surface area (Å²) in [6.45, 7) is 7.61. The van der Waals surface area contributed by atoms with Gasteiger partial charge in [0.05, 0.1) is 5.41 Å². The Morgan fingerprint density at radius 2 is 2.09 bits per heavy atom. The summed E-state index contributed by atoms with van der Waals surface area (Å²) in [5, 5.41) is 0. The van der Waals surface area contributed by atoms with E-state index in [1.54, 1.807) is 6.08 Å². The van der Waals surface area contributed by atoms with E-state index in [1.807, 2.05) is 13.8 Å².